The van der Waals surface area contributed by atoms with Crippen LogP contribution in [0.25, 0.3) is 0 Å². The summed E-state index contributed by atoms with van der Waals surface area (Å²) in [5.41, 5.74) is -0.0303. The summed E-state index contributed by atoms with van der Waals surface area (Å²) < 4.78 is 42.2. The molecule has 0 fully saturated rings. The van der Waals surface area contributed by atoms with Gasteiger partial charge in [-0.05, 0) is 13.0 Å². The first kappa shape index (κ1) is 16.3. The van der Waals surface area contributed by atoms with E-state index in [0.29, 0.717) is 11.6 Å². The van der Waals surface area contributed by atoms with Crippen molar-refractivity contribution in [2.24, 2.45) is 0 Å². The lowest BCUT2D eigenvalue weighted by atomic mass is 10.2. The van der Waals surface area contributed by atoms with Crippen LogP contribution in [0.4, 0.5) is 18.0 Å². The number of nitrogens with zero attached hydrogens (tertiary/aromatic N) is 1. The summed E-state index contributed by atoms with van der Waals surface area (Å²) in [6, 6.07) is 1.36. The Morgan fingerprint density at radius 3 is 2.77 bits per heavy atom. The molecular weight excluding hydrogens is 319 g/mol. The highest BCUT2D eigenvalue weighted by Crippen LogP contribution is 2.29. The molecule has 0 aromatic carbocycles. The van der Waals surface area contributed by atoms with Gasteiger partial charge in [0, 0.05) is 30.5 Å². The van der Waals surface area contributed by atoms with E-state index >= 15 is 0 Å². The summed E-state index contributed by atoms with van der Waals surface area (Å²) >= 11 is 0.926. The summed E-state index contributed by atoms with van der Waals surface area (Å²) in [6.07, 6.45) is -2.65. The number of hydrogen-bond acceptors (Lipinski definition) is 4. The van der Waals surface area contributed by atoms with Crippen LogP contribution in [-0.2, 0) is 19.1 Å². The van der Waals surface area contributed by atoms with E-state index in [1.807, 2.05) is 0 Å². The van der Waals surface area contributed by atoms with Crippen molar-refractivity contribution >= 4 is 17.4 Å². The molecule has 0 saturated carbocycles. The fourth-order valence-corrected chi connectivity index (χ4v) is 2.48. The third kappa shape index (κ3) is 4.48. The van der Waals surface area contributed by atoms with Crippen molar-refractivity contribution in [3.63, 3.8) is 0 Å². The highest BCUT2D eigenvalue weighted by atomic mass is 32.1. The van der Waals surface area contributed by atoms with Crippen molar-refractivity contribution in [1.29, 1.82) is 0 Å². The van der Waals surface area contributed by atoms with Crippen LogP contribution >= 0.6 is 11.3 Å². The van der Waals surface area contributed by atoms with E-state index in [0.717, 1.165) is 28.0 Å². The van der Waals surface area contributed by atoms with Gasteiger partial charge in [-0.15, -0.1) is 11.3 Å². The zero-order valence-electron chi connectivity index (χ0n) is 11.7. The number of aromatic nitrogens is 1. The Morgan fingerprint density at radius 1 is 1.41 bits per heavy atom. The number of furan rings is 1. The Morgan fingerprint density at radius 2 is 2.18 bits per heavy atom. The molecule has 2 aromatic heterocycles. The third-order valence-electron chi connectivity index (χ3n) is 2.87. The van der Waals surface area contributed by atoms with Gasteiger partial charge in [0.2, 0.25) is 0 Å². The zero-order chi connectivity index (χ0) is 16.2. The number of carbonyl (C=O) groups is 1. The van der Waals surface area contributed by atoms with Crippen LogP contribution < -0.4 is 10.6 Å². The second kappa shape index (κ2) is 6.82. The average molecular weight is 333 g/mol. The first-order valence-electron chi connectivity index (χ1n) is 6.42. The van der Waals surface area contributed by atoms with E-state index in [-0.39, 0.29) is 13.0 Å². The smallest absolute Gasteiger partial charge is 0.434 e. The number of carbonyl (C=O) groups excluding carboxylic acids is 1. The SMILES string of the molecule is Cc1occc1CNC(=O)NCCc1nc(C(F)(F)F)cs1. The largest absolute Gasteiger partial charge is 0.469 e. The molecule has 120 valence electrons. The van der Waals surface area contributed by atoms with Crippen molar-refractivity contribution in [2.45, 2.75) is 26.1 Å². The van der Waals surface area contributed by atoms with Gasteiger partial charge in [0.15, 0.2) is 5.69 Å². The van der Waals surface area contributed by atoms with Gasteiger partial charge in [-0.2, -0.15) is 13.2 Å². The molecule has 0 spiro atoms. The van der Waals surface area contributed by atoms with Gasteiger partial charge >= 0.3 is 12.2 Å². The molecule has 2 rings (SSSR count). The summed E-state index contributed by atoms with van der Waals surface area (Å²) in [6.45, 7) is 2.32. The maximum Gasteiger partial charge on any atom is 0.434 e. The van der Waals surface area contributed by atoms with Crippen LogP contribution in [0.5, 0.6) is 0 Å². The number of rotatable bonds is 5. The number of halogens is 3. The van der Waals surface area contributed by atoms with Crippen LogP contribution in [0.1, 0.15) is 22.0 Å². The molecule has 22 heavy (non-hydrogen) atoms. The van der Waals surface area contributed by atoms with Crippen molar-refractivity contribution in [2.75, 3.05) is 6.54 Å². The van der Waals surface area contributed by atoms with Gasteiger partial charge in [0.1, 0.15) is 5.76 Å². The first-order valence-corrected chi connectivity index (χ1v) is 7.30. The van der Waals surface area contributed by atoms with Gasteiger partial charge < -0.3 is 15.1 Å². The highest BCUT2D eigenvalue weighted by molar-refractivity contribution is 7.09. The molecule has 0 bridgehead atoms. The summed E-state index contributed by atoms with van der Waals surface area (Å²) in [4.78, 5) is 15.0. The van der Waals surface area contributed by atoms with Gasteiger partial charge in [-0.1, -0.05) is 0 Å². The molecule has 0 saturated heterocycles. The normalized spacial score (nSPS) is 11.5. The predicted octanol–water partition coefficient (Wildman–Crippen LogP) is 3.11. The van der Waals surface area contributed by atoms with Crippen molar-refractivity contribution in [1.82, 2.24) is 15.6 Å². The van der Waals surface area contributed by atoms with E-state index < -0.39 is 17.9 Å². The van der Waals surface area contributed by atoms with Crippen molar-refractivity contribution < 1.29 is 22.4 Å². The minimum atomic E-state index is -4.43. The van der Waals surface area contributed by atoms with Gasteiger partial charge in [-0.25, -0.2) is 9.78 Å². The Bertz CT molecular complexity index is 637. The Balaban J connectivity index is 1.71. The zero-order valence-corrected chi connectivity index (χ0v) is 12.5. The minimum Gasteiger partial charge on any atom is -0.469 e. The average Bonchev–Trinajstić information content (AvgIpc) is 3.05. The summed E-state index contributed by atoms with van der Waals surface area (Å²) in [7, 11) is 0. The number of amides is 2. The number of aryl methyl sites for hydroxylation is 1. The number of thiazole rings is 1. The molecule has 5 nitrogen and oxygen atoms in total. The van der Waals surface area contributed by atoms with Gasteiger partial charge in [0.25, 0.3) is 0 Å². The van der Waals surface area contributed by atoms with Crippen molar-refractivity contribution in [3.8, 4) is 0 Å². The Kier molecular flexibility index (Phi) is 5.07. The molecule has 2 N–H and O–H groups in total. The molecule has 0 atom stereocenters. The van der Waals surface area contributed by atoms with Crippen LogP contribution in [0.15, 0.2) is 22.1 Å². The lowest BCUT2D eigenvalue weighted by Gasteiger charge is -2.06. The Hall–Kier alpha value is -2.03. The van der Waals surface area contributed by atoms with Crippen molar-refractivity contribution in [3.05, 3.63) is 39.7 Å². The predicted molar refractivity (Wildman–Crippen MR) is 74.5 cm³/mol. The standard InChI is InChI=1S/C13H14F3N3O2S/c1-8-9(3-5-21-8)6-18-12(20)17-4-2-11-19-10(7-22-11)13(14,15)16/h3,5,7H,2,4,6H2,1H3,(H2,17,18,20). The number of hydrogen-bond donors (Lipinski definition) is 2. The summed E-state index contributed by atoms with van der Waals surface area (Å²) in [5.74, 6) is 0.725. The maximum absolute atomic E-state index is 12.4. The second-order valence-electron chi connectivity index (χ2n) is 4.49. The monoisotopic (exact) mass is 333 g/mol. The van der Waals surface area contributed by atoms with Crippen LogP contribution in [-0.4, -0.2) is 17.6 Å². The molecule has 0 radical (unpaired) electrons. The molecule has 2 aromatic rings. The number of alkyl halides is 3. The minimum absolute atomic E-state index is 0.209. The molecule has 0 unspecified atom stereocenters. The molecule has 9 heteroatoms. The van der Waals surface area contributed by atoms with Gasteiger partial charge in [-0.3, -0.25) is 0 Å². The maximum atomic E-state index is 12.4. The van der Waals surface area contributed by atoms with Crippen LogP contribution in [0, 0.1) is 6.92 Å². The second-order valence-corrected chi connectivity index (χ2v) is 5.43. The van der Waals surface area contributed by atoms with Crippen LogP contribution in [0.3, 0.4) is 0 Å². The molecular formula is C13H14F3N3O2S. The van der Waals surface area contributed by atoms with E-state index in [4.69, 9.17) is 4.42 Å². The fraction of sp³-hybridized carbons (Fsp3) is 0.385. The molecule has 0 aliphatic heterocycles. The van der Waals surface area contributed by atoms with E-state index in [1.165, 1.54) is 6.26 Å². The van der Waals surface area contributed by atoms with Crippen LogP contribution in [0.2, 0.25) is 0 Å². The lowest BCUT2D eigenvalue weighted by Crippen LogP contribution is -2.36. The first-order chi connectivity index (χ1) is 10.4. The topological polar surface area (TPSA) is 67.2 Å². The summed E-state index contributed by atoms with van der Waals surface area (Å²) in [5, 5.41) is 6.50. The van der Waals surface area contributed by atoms with E-state index in [2.05, 4.69) is 15.6 Å². The number of urea groups is 1. The lowest BCUT2D eigenvalue weighted by molar-refractivity contribution is -0.140. The van der Waals surface area contributed by atoms with E-state index in [1.54, 1.807) is 13.0 Å². The quantitative estimate of drug-likeness (QED) is 0.883. The molecule has 2 heterocycles. The third-order valence-corrected chi connectivity index (χ3v) is 3.78. The highest BCUT2D eigenvalue weighted by Gasteiger charge is 2.33. The molecule has 0 aliphatic rings. The van der Waals surface area contributed by atoms with Gasteiger partial charge in [0.05, 0.1) is 11.3 Å². The van der Waals surface area contributed by atoms with E-state index in [9.17, 15) is 18.0 Å². The molecule has 0 aliphatic carbocycles. The fourth-order valence-electron chi connectivity index (χ4n) is 1.67. The Labute approximate surface area is 128 Å². The molecule has 2 amide bonds. The number of nitrogens with one attached hydrogen (secondary N) is 2.